The Balaban J connectivity index is 0.000000810. The van der Waals surface area contributed by atoms with E-state index in [1.54, 1.807) is 6.20 Å². The van der Waals surface area contributed by atoms with Crippen LogP contribution in [0.4, 0.5) is 0 Å². The van der Waals surface area contributed by atoms with Crippen LogP contribution in [0.2, 0.25) is 0 Å². The molecule has 0 unspecified atom stereocenters. The lowest BCUT2D eigenvalue weighted by Gasteiger charge is -1.94. The van der Waals surface area contributed by atoms with Crippen molar-refractivity contribution in [2.45, 2.75) is 6.54 Å². The third kappa shape index (κ3) is 2.80. The lowest BCUT2D eigenvalue weighted by atomic mass is 10.3. The Hall–Kier alpha value is -0.600. The van der Waals surface area contributed by atoms with Gasteiger partial charge in [-0.15, -0.1) is 12.4 Å². The molecule has 2 nitrogen and oxygen atoms in total. The highest BCUT2D eigenvalue weighted by Crippen LogP contribution is 1.89. The van der Waals surface area contributed by atoms with Gasteiger partial charge in [-0.05, 0) is 19.2 Å². The average Bonchev–Trinajstić information content (AvgIpc) is 1.91. The van der Waals surface area contributed by atoms with Crippen molar-refractivity contribution < 1.29 is 0 Å². The summed E-state index contributed by atoms with van der Waals surface area (Å²) in [7, 11) is 1.91. The van der Waals surface area contributed by atoms with Crippen LogP contribution in [0.15, 0.2) is 24.4 Å². The van der Waals surface area contributed by atoms with Crippen LogP contribution in [0.3, 0.4) is 0 Å². The van der Waals surface area contributed by atoms with Crippen LogP contribution in [0.5, 0.6) is 0 Å². The van der Waals surface area contributed by atoms with E-state index in [2.05, 4.69) is 10.3 Å². The minimum atomic E-state index is 0. The summed E-state index contributed by atoms with van der Waals surface area (Å²) < 4.78 is 0. The lowest BCUT2D eigenvalue weighted by molar-refractivity contribution is 0.791. The molecule has 0 fully saturated rings. The van der Waals surface area contributed by atoms with Gasteiger partial charge in [0, 0.05) is 12.7 Å². The molecule has 0 radical (unpaired) electrons. The summed E-state index contributed by atoms with van der Waals surface area (Å²) in [5, 5.41) is 3.02. The van der Waals surface area contributed by atoms with E-state index in [0.717, 1.165) is 12.2 Å². The molecule has 0 atom stereocenters. The van der Waals surface area contributed by atoms with Gasteiger partial charge in [0.2, 0.25) is 0 Å². The number of halogens is 1. The zero-order chi connectivity index (χ0) is 6.53. The standard InChI is InChI=1S/C7H10N2.ClH/c1-8-6-7-4-2-3-5-9-7;/h2-5,8H,6H2,1H3;1H. The van der Waals surface area contributed by atoms with E-state index in [1.807, 2.05) is 25.2 Å². The van der Waals surface area contributed by atoms with E-state index in [-0.39, 0.29) is 12.4 Å². The van der Waals surface area contributed by atoms with Crippen molar-refractivity contribution in [2.75, 3.05) is 7.05 Å². The first-order valence-electron chi connectivity index (χ1n) is 2.98. The summed E-state index contributed by atoms with van der Waals surface area (Å²) in [5.41, 5.74) is 1.08. The molecular weight excluding hydrogens is 148 g/mol. The van der Waals surface area contributed by atoms with Gasteiger partial charge < -0.3 is 5.32 Å². The molecule has 0 bridgehead atoms. The van der Waals surface area contributed by atoms with Crippen LogP contribution in [-0.4, -0.2) is 12.0 Å². The maximum absolute atomic E-state index is 4.11. The van der Waals surface area contributed by atoms with Crippen LogP contribution in [-0.2, 0) is 6.54 Å². The quantitative estimate of drug-likeness (QED) is 0.700. The van der Waals surface area contributed by atoms with Gasteiger partial charge in [-0.1, -0.05) is 6.07 Å². The molecule has 0 aliphatic rings. The molecule has 1 aromatic rings. The Morgan fingerprint density at radius 2 is 2.30 bits per heavy atom. The summed E-state index contributed by atoms with van der Waals surface area (Å²) in [6.45, 7) is 0.848. The number of nitrogens with zero attached hydrogens (tertiary/aromatic N) is 1. The van der Waals surface area contributed by atoms with E-state index < -0.39 is 0 Å². The fraction of sp³-hybridized carbons (Fsp3) is 0.286. The normalized spacial score (nSPS) is 8.50. The molecule has 0 spiro atoms. The number of rotatable bonds is 2. The predicted octanol–water partition coefficient (Wildman–Crippen LogP) is 1.22. The topological polar surface area (TPSA) is 24.9 Å². The van der Waals surface area contributed by atoms with Crippen LogP contribution in [0, 0.1) is 0 Å². The Morgan fingerprint density at radius 3 is 2.80 bits per heavy atom. The molecule has 0 saturated carbocycles. The monoisotopic (exact) mass is 158 g/mol. The number of aromatic nitrogens is 1. The third-order valence-corrected chi connectivity index (χ3v) is 1.08. The zero-order valence-electron chi connectivity index (χ0n) is 5.87. The molecule has 1 rings (SSSR count). The number of pyridine rings is 1. The van der Waals surface area contributed by atoms with Crippen LogP contribution >= 0.6 is 12.4 Å². The molecule has 0 aliphatic heterocycles. The summed E-state index contributed by atoms with van der Waals surface area (Å²) in [6, 6.07) is 5.90. The molecule has 1 aromatic heterocycles. The first-order chi connectivity index (χ1) is 4.43. The first kappa shape index (κ1) is 9.40. The fourth-order valence-electron chi connectivity index (χ4n) is 0.684. The summed E-state index contributed by atoms with van der Waals surface area (Å²) in [5.74, 6) is 0. The molecule has 1 heterocycles. The Morgan fingerprint density at radius 1 is 1.50 bits per heavy atom. The van der Waals surface area contributed by atoms with Gasteiger partial charge >= 0.3 is 0 Å². The van der Waals surface area contributed by atoms with E-state index in [4.69, 9.17) is 0 Å². The van der Waals surface area contributed by atoms with E-state index in [9.17, 15) is 0 Å². The fourth-order valence-corrected chi connectivity index (χ4v) is 0.684. The van der Waals surface area contributed by atoms with E-state index in [1.165, 1.54) is 0 Å². The lowest BCUT2D eigenvalue weighted by Crippen LogP contribution is -2.05. The highest BCUT2D eigenvalue weighted by molar-refractivity contribution is 5.85. The van der Waals surface area contributed by atoms with Gasteiger partial charge in [0.1, 0.15) is 0 Å². The van der Waals surface area contributed by atoms with Gasteiger partial charge in [0.15, 0.2) is 0 Å². The highest BCUT2D eigenvalue weighted by Gasteiger charge is 1.85. The first-order valence-corrected chi connectivity index (χ1v) is 2.98. The summed E-state index contributed by atoms with van der Waals surface area (Å²) in [6.07, 6.45) is 1.80. The average molecular weight is 159 g/mol. The van der Waals surface area contributed by atoms with Crippen LogP contribution < -0.4 is 5.32 Å². The minimum Gasteiger partial charge on any atom is -0.314 e. The molecule has 0 saturated heterocycles. The second-order valence-electron chi connectivity index (χ2n) is 1.85. The number of hydrogen-bond donors (Lipinski definition) is 1. The number of nitrogens with one attached hydrogen (secondary N) is 1. The predicted molar refractivity (Wildman–Crippen MR) is 44.2 cm³/mol. The summed E-state index contributed by atoms with van der Waals surface area (Å²) >= 11 is 0. The van der Waals surface area contributed by atoms with E-state index >= 15 is 0 Å². The van der Waals surface area contributed by atoms with Crippen LogP contribution in [0.1, 0.15) is 5.69 Å². The van der Waals surface area contributed by atoms with E-state index in [0.29, 0.717) is 0 Å². The van der Waals surface area contributed by atoms with Gasteiger partial charge in [-0.2, -0.15) is 0 Å². The molecular formula is C7H11ClN2. The zero-order valence-corrected chi connectivity index (χ0v) is 6.69. The highest BCUT2D eigenvalue weighted by atomic mass is 35.5. The van der Waals surface area contributed by atoms with Crippen molar-refractivity contribution in [3.8, 4) is 0 Å². The maximum Gasteiger partial charge on any atom is 0.0541 e. The molecule has 0 amide bonds. The van der Waals surface area contributed by atoms with Crippen molar-refractivity contribution in [2.24, 2.45) is 0 Å². The molecule has 0 aromatic carbocycles. The molecule has 0 aliphatic carbocycles. The Labute approximate surface area is 67.1 Å². The van der Waals surface area contributed by atoms with Crippen LogP contribution in [0.25, 0.3) is 0 Å². The van der Waals surface area contributed by atoms with Gasteiger partial charge in [-0.25, -0.2) is 0 Å². The smallest absolute Gasteiger partial charge is 0.0541 e. The minimum absolute atomic E-state index is 0. The SMILES string of the molecule is CNCc1ccccn1.Cl. The largest absolute Gasteiger partial charge is 0.314 e. The molecule has 10 heavy (non-hydrogen) atoms. The van der Waals surface area contributed by atoms with Crippen molar-refractivity contribution >= 4 is 12.4 Å². The van der Waals surface area contributed by atoms with Crippen molar-refractivity contribution in [1.29, 1.82) is 0 Å². The van der Waals surface area contributed by atoms with Gasteiger partial charge in [0.05, 0.1) is 5.69 Å². The molecule has 56 valence electrons. The van der Waals surface area contributed by atoms with Crippen molar-refractivity contribution in [1.82, 2.24) is 10.3 Å². The summed E-state index contributed by atoms with van der Waals surface area (Å²) in [4.78, 5) is 4.11. The van der Waals surface area contributed by atoms with Crippen molar-refractivity contribution in [3.05, 3.63) is 30.1 Å². The van der Waals surface area contributed by atoms with Gasteiger partial charge in [0.25, 0.3) is 0 Å². The Bertz CT molecular complexity index is 165. The molecule has 1 N–H and O–H groups in total. The molecule has 3 heteroatoms. The van der Waals surface area contributed by atoms with Gasteiger partial charge in [-0.3, -0.25) is 4.98 Å². The number of hydrogen-bond acceptors (Lipinski definition) is 2. The third-order valence-electron chi connectivity index (χ3n) is 1.08. The second kappa shape index (κ2) is 5.21. The van der Waals surface area contributed by atoms with Crippen molar-refractivity contribution in [3.63, 3.8) is 0 Å². The second-order valence-corrected chi connectivity index (χ2v) is 1.85. The Kier molecular flexibility index (Phi) is 4.89. The maximum atomic E-state index is 4.11.